The van der Waals surface area contributed by atoms with Crippen LogP contribution in [0.5, 0.6) is 0 Å². The van der Waals surface area contributed by atoms with E-state index in [1.54, 1.807) is 23.4 Å². The van der Waals surface area contributed by atoms with Crippen molar-refractivity contribution in [1.82, 2.24) is 9.55 Å². The van der Waals surface area contributed by atoms with Crippen LogP contribution in [0.15, 0.2) is 63.2 Å². The van der Waals surface area contributed by atoms with E-state index in [0.29, 0.717) is 11.5 Å². The molecule has 3 rings (SSSR count). The van der Waals surface area contributed by atoms with Crippen molar-refractivity contribution in [2.24, 2.45) is 16.6 Å². The van der Waals surface area contributed by atoms with Gasteiger partial charge >= 0.3 is 0 Å². The number of hydrazine groups is 1. The number of benzene rings is 2. The van der Waals surface area contributed by atoms with Crippen LogP contribution >= 0.6 is 11.8 Å². The molecule has 0 unspecified atom stereocenters. The Morgan fingerprint density at radius 2 is 1.76 bits per heavy atom. The Bertz CT molecular complexity index is 1100. The maximum Gasteiger partial charge on any atom is 0.271 e. The van der Waals surface area contributed by atoms with Gasteiger partial charge in [-0.25, -0.2) is 10.8 Å². The molecule has 0 fully saturated rings. The molecule has 7 nitrogen and oxygen atoms in total. The first-order chi connectivity index (χ1) is 13.9. The first-order valence-corrected chi connectivity index (χ1v) is 10.2. The van der Waals surface area contributed by atoms with Crippen molar-refractivity contribution >= 4 is 23.4 Å². The number of nitrogens with zero attached hydrogens (tertiary/aromatic N) is 4. The van der Waals surface area contributed by atoms with Crippen molar-refractivity contribution in [3.63, 3.8) is 0 Å². The van der Waals surface area contributed by atoms with Crippen molar-refractivity contribution in [2.45, 2.75) is 11.8 Å². The molecule has 0 bridgehead atoms. The van der Waals surface area contributed by atoms with Gasteiger partial charge in [-0.3, -0.25) is 19.4 Å². The molecule has 29 heavy (non-hydrogen) atoms. The molecule has 0 spiro atoms. The second-order valence-corrected chi connectivity index (χ2v) is 7.44. The summed E-state index contributed by atoms with van der Waals surface area (Å²) >= 11 is 1.65. The summed E-state index contributed by atoms with van der Waals surface area (Å²) < 4.78 is 1.55. The average Bonchev–Trinajstić information content (AvgIpc) is 2.73. The van der Waals surface area contributed by atoms with E-state index in [2.05, 4.69) is 4.99 Å². The molecular weight excluding hydrogens is 384 g/mol. The molecule has 0 saturated carbocycles. The van der Waals surface area contributed by atoms with Crippen LogP contribution < -0.4 is 22.1 Å². The zero-order chi connectivity index (χ0) is 21.1. The Hall–Kier alpha value is -3.10. The number of anilines is 1. The maximum atomic E-state index is 13.6. The fourth-order valence-corrected chi connectivity index (χ4v) is 3.38. The number of nitrogens with two attached hydrogens (primary N) is 2. The van der Waals surface area contributed by atoms with Crippen LogP contribution in [0, 0.1) is 6.92 Å². The van der Waals surface area contributed by atoms with Crippen molar-refractivity contribution < 1.29 is 0 Å². The van der Waals surface area contributed by atoms with Gasteiger partial charge in [0, 0.05) is 24.6 Å². The van der Waals surface area contributed by atoms with E-state index >= 15 is 0 Å². The third-order valence-corrected chi connectivity index (χ3v) is 5.28. The number of aromatic nitrogens is 2. The molecule has 0 aliphatic heterocycles. The molecule has 0 amide bonds. The number of thioether (sulfide) groups is 1. The van der Waals surface area contributed by atoms with Gasteiger partial charge < -0.3 is 5.73 Å². The molecule has 1 heterocycles. The van der Waals surface area contributed by atoms with E-state index in [0.717, 1.165) is 16.0 Å². The summed E-state index contributed by atoms with van der Waals surface area (Å²) in [6.45, 7) is 1.99. The van der Waals surface area contributed by atoms with Crippen molar-refractivity contribution in [1.29, 1.82) is 0 Å². The molecule has 4 N–H and O–H groups in total. The SMILES string of the molecule is CN=C(N)c1c(N(C)N)nc(-c2ccc(SC)cc2)n(-c2ccc(C)cc2)c1=O. The Balaban J connectivity index is 2.41. The Kier molecular flexibility index (Phi) is 6.05. The third-order valence-electron chi connectivity index (χ3n) is 4.54. The fourth-order valence-electron chi connectivity index (χ4n) is 2.97. The molecular formula is C21H24N6OS. The molecule has 0 saturated heterocycles. The average molecular weight is 409 g/mol. The van der Waals surface area contributed by atoms with Gasteiger partial charge in [0.2, 0.25) is 0 Å². The lowest BCUT2D eigenvalue weighted by atomic mass is 10.1. The van der Waals surface area contributed by atoms with E-state index in [1.165, 1.54) is 12.1 Å². The van der Waals surface area contributed by atoms with Gasteiger partial charge in [0.15, 0.2) is 5.82 Å². The molecule has 3 aromatic rings. The number of amidine groups is 1. The Labute approximate surface area is 174 Å². The van der Waals surface area contributed by atoms with E-state index < -0.39 is 0 Å². The molecule has 0 aliphatic carbocycles. The normalized spacial score (nSPS) is 11.6. The maximum absolute atomic E-state index is 13.6. The van der Waals surface area contributed by atoms with E-state index in [9.17, 15) is 4.79 Å². The van der Waals surface area contributed by atoms with Gasteiger partial charge in [-0.15, -0.1) is 11.8 Å². The predicted molar refractivity (Wildman–Crippen MR) is 121 cm³/mol. The summed E-state index contributed by atoms with van der Waals surface area (Å²) in [7, 11) is 3.14. The van der Waals surface area contributed by atoms with Crippen LogP contribution in [-0.4, -0.2) is 35.7 Å². The van der Waals surface area contributed by atoms with Crippen molar-refractivity contribution in [3.05, 3.63) is 70.0 Å². The van der Waals surface area contributed by atoms with Crippen molar-refractivity contribution in [3.8, 4) is 17.1 Å². The Morgan fingerprint density at radius 3 is 2.28 bits per heavy atom. The quantitative estimate of drug-likeness (QED) is 0.221. The third kappa shape index (κ3) is 4.03. The first-order valence-electron chi connectivity index (χ1n) is 8.97. The summed E-state index contributed by atoms with van der Waals surface area (Å²) in [5.41, 5.74) is 8.46. The van der Waals surface area contributed by atoms with Gasteiger partial charge in [-0.05, 0) is 37.4 Å². The number of hydrogen-bond acceptors (Lipinski definition) is 6. The second-order valence-electron chi connectivity index (χ2n) is 6.56. The van der Waals surface area contributed by atoms with Crippen molar-refractivity contribution in [2.75, 3.05) is 25.4 Å². The number of hydrogen-bond donors (Lipinski definition) is 2. The van der Waals surface area contributed by atoms with Gasteiger partial charge in [0.05, 0.1) is 5.69 Å². The van der Waals surface area contributed by atoms with Gasteiger partial charge in [-0.2, -0.15) is 0 Å². The lowest BCUT2D eigenvalue weighted by Crippen LogP contribution is -2.37. The highest BCUT2D eigenvalue weighted by Crippen LogP contribution is 2.26. The summed E-state index contributed by atoms with van der Waals surface area (Å²) in [5, 5.41) is 1.29. The van der Waals surface area contributed by atoms with Crippen LogP contribution in [0.2, 0.25) is 0 Å². The number of aryl methyl sites for hydroxylation is 1. The van der Waals surface area contributed by atoms with E-state index in [4.69, 9.17) is 16.6 Å². The first kappa shape index (κ1) is 20.6. The lowest BCUT2D eigenvalue weighted by molar-refractivity contribution is 0.897. The molecule has 0 atom stereocenters. The minimum Gasteiger partial charge on any atom is -0.383 e. The topological polar surface area (TPSA) is 103 Å². The van der Waals surface area contributed by atoms with Crippen LogP contribution in [0.3, 0.4) is 0 Å². The number of aliphatic imine (C=N–C) groups is 1. The molecule has 150 valence electrons. The zero-order valence-corrected chi connectivity index (χ0v) is 17.7. The molecule has 1 aromatic heterocycles. The smallest absolute Gasteiger partial charge is 0.271 e. The standard InChI is InChI=1S/C21H24N6OS/c1-13-5-9-15(10-6-13)27-19(14-7-11-16(29-4)12-8-14)25-20(26(3)23)17(21(27)28)18(22)24-2/h5-12H,23H2,1-4H3,(H2,22,24). The van der Waals surface area contributed by atoms with Crippen LogP contribution in [0.4, 0.5) is 5.82 Å². The molecule has 8 heteroatoms. The monoisotopic (exact) mass is 408 g/mol. The molecule has 2 aromatic carbocycles. The fraction of sp³-hybridized carbons (Fsp3) is 0.190. The molecule has 0 radical (unpaired) electrons. The predicted octanol–water partition coefficient (Wildman–Crippen LogP) is 2.57. The van der Waals surface area contributed by atoms with Gasteiger partial charge in [0.1, 0.15) is 17.2 Å². The van der Waals surface area contributed by atoms with Crippen LogP contribution in [0.1, 0.15) is 11.1 Å². The molecule has 0 aliphatic rings. The van der Waals surface area contributed by atoms with Crippen LogP contribution in [-0.2, 0) is 0 Å². The van der Waals surface area contributed by atoms with E-state index in [1.807, 2.05) is 61.7 Å². The largest absolute Gasteiger partial charge is 0.383 e. The highest BCUT2D eigenvalue weighted by molar-refractivity contribution is 7.98. The lowest BCUT2D eigenvalue weighted by Gasteiger charge is -2.20. The Morgan fingerprint density at radius 1 is 1.14 bits per heavy atom. The van der Waals surface area contributed by atoms with E-state index in [-0.39, 0.29) is 22.8 Å². The highest BCUT2D eigenvalue weighted by atomic mass is 32.2. The minimum absolute atomic E-state index is 0.0833. The summed E-state index contributed by atoms with van der Waals surface area (Å²) in [6.07, 6.45) is 2.01. The second kappa shape index (κ2) is 8.50. The summed E-state index contributed by atoms with van der Waals surface area (Å²) in [5.74, 6) is 6.82. The van der Waals surface area contributed by atoms with Gasteiger partial charge in [0.25, 0.3) is 5.56 Å². The number of rotatable bonds is 5. The zero-order valence-electron chi connectivity index (χ0n) is 16.9. The van der Waals surface area contributed by atoms with Gasteiger partial charge in [-0.1, -0.05) is 29.8 Å². The minimum atomic E-state index is -0.330. The summed E-state index contributed by atoms with van der Waals surface area (Å²) in [4.78, 5) is 23.4. The van der Waals surface area contributed by atoms with Crippen LogP contribution in [0.25, 0.3) is 17.1 Å². The highest BCUT2D eigenvalue weighted by Gasteiger charge is 2.22. The summed E-state index contributed by atoms with van der Waals surface area (Å²) in [6, 6.07) is 15.5.